The highest BCUT2D eigenvalue weighted by molar-refractivity contribution is 7.99. The molecule has 1 aromatic carbocycles. The second-order valence-corrected chi connectivity index (χ2v) is 4.78. The van der Waals surface area contributed by atoms with E-state index in [0.29, 0.717) is 23.9 Å². The lowest BCUT2D eigenvalue weighted by Gasteiger charge is -1.96. The second-order valence-electron chi connectivity index (χ2n) is 3.80. The van der Waals surface area contributed by atoms with Crippen LogP contribution in [0.5, 0.6) is 0 Å². The summed E-state index contributed by atoms with van der Waals surface area (Å²) in [4.78, 5) is 14.5. The zero-order valence-corrected chi connectivity index (χ0v) is 10.7. The van der Waals surface area contributed by atoms with Gasteiger partial charge in [0.1, 0.15) is 5.82 Å². The minimum Gasteiger partial charge on any atom is -0.481 e. The van der Waals surface area contributed by atoms with E-state index in [4.69, 9.17) is 9.63 Å². The third-order valence-electron chi connectivity index (χ3n) is 2.21. The molecule has 0 saturated heterocycles. The molecular weight excluding hydrogens is 271 g/mol. The van der Waals surface area contributed by atoms with E-state index in [1.807, 2.05) is 0 Å². The SMILES string of the molecule is O=C(O)CSCc1nc(Cc2cccc(F)c2)no1. The van der Waals surface area contributed by atoms with E-state index in [1.54, 1.807) is 12.1 Å². The zero-order chi connectivity index (χ0) is 13.7. The highest BCUT2D eigenvalue weighted by Crippen LogP contribution is 2.12. The third-order valence-corrected chi connectivity index (χ3v) is 3.11. The Kier molecular flexibility index (Phi) is 4.51. The lowest BCUT2D eigenvalue weighted by molar-refractivity contribution is -0.133. The first-order chi connectivity index (χ1) is 9.13. The number of halogens is 1. The van der Waals surface area contributed by atoms with Crippen LogP contribution in [0.3, 0.4) is 0 Å². The van der Waals surface area contributed by atoms with Crippen molar-refractivity contribution in [2.45, 2.75) is 12.2 Å². The second kappa shape index (κ2) is 6.33. The molecule has 5 nitrogen and oxygen atoms in total. The van der Waals surface area contributed by atoms with Gasteiger partial charge in [-0.25, -0.2) is 4.39 Å². The van der Waals surface area contributed by atoms with Crippen LogP contribution in [0, 0.1) is 5.82 Å². The summed E-state index contributed by atoms with van der Waals surface area (Å²) in [6.07, 6.45) is 0.380. The molecule has 0 aliphatic rings. The molecule has 0 radical (unpaired) electrons. The van der Waals surface area contributed by atoms with Gasteiger partial charge >= 0.3 is 5.97 Å². The predicted molar refractivity (Wildman–Crippen MR) is 67.3 cm³/mol. The molecule has 1 aromatic heterocycles. The Morgan fingerprint density at radius 2 is 2.32 bits per heavy atom. The van der Waals surface area contributed by atoms with Crippen molar-refractivity contribution in [1.82, 2.24) is 10.1 Å². The van der Waals surface area contributed by atoms with E-state index in [9.17, 15) is 9.18 Å². The van der Waals surface area contributed by atoms with Crippen molar-refractivity contribution in [2.75, 3.05) is 5.75 Å². The molecule has 0 atom stereocenters. The van der Waals surface area contributed by atoms with E-state index >= 15 is 0 Å². The van der Waals surface area contributed by atoms with Gasteiger partial charge in [0.2, 0.25) is 5.89 Å². The molecule has 0 amide bonds. The average molecular weight is 282 g/mol. The van der Waals surface area contributed by atoms with E-state index in [2.05, 4.69) is 10.1 Å². The first kappa shape index (κ1) is 13.5. The van der Waals surface area contributed by atoms with Crippen LogP contribution >= 0.6 is 11.8 Å². The first-order valence-electron chi connectivity index (χ1n) is 5.49. The summed E-state index contributed by atoms with van der Waals surface area (Å²) < 4.78 is 18.0. The molecule has 7 heteroatoms. The van der Waals surface area contributed by atoms with Gasteiger partial charge in [0.15, 0.2) is 5.82 Å². The standard InChI is InChI=1S/C12H11FN2O3S/c13-9-3-1-2-8(4-9)5-10-14-11(18-15-10)6-19-7-12(16)17/h1-4H,5-7H2,(H,16,17). The number of nitrogens with zero attached hydrogens (tertiary/aromatic N) is 2. The summed E-state index contributed by atoms with van der Waals surface area (Å²) >= 11 is 1.18. The van der Waals surface area contributed by atoms with Crippen LogP contribution < -0.4 is 0 Å². The van der Waals surface area contributed by atoms with Gasteiger partial charge in [-0.05, 0) is 17.7 Å². The van der Waals surface area contributed by atoms with E-state index in [1.165, 1.54) is 23.9 Å². The van der Waals surface area contributed by atoms with Crippen molar-refractivity contribution in [2.24, 2.45) is 0 Å². The summed E-state index contributed by atoms with van der Waals surface area (Å²) in [5.41, 5.74) is 0.755. The summed E-state index contributed by atoms with van der Waals surface area (Å²) in [6.45, 7) is 0. The molecule has 2 aromatic rings. The van der Waals surface area contributed by atoms with Crippen LogP contribution in [0.1, 0.15) is 17.3 Å². The van der Waals surface area contributed by atoms with Crippen LogP contribution in [0.2, 0.25) is 0 Å². The highest BCUT2D eigenvalue weighted by Gasteiger charge is 2.08. The summed E-state index contributed by atoms with van der Waals surface area (Å²) in [5, 5.41) is 12.3. The molecule has 19 heavy (non-hydrogen) atoms. The van der Waals surface area contributed by atoms with Gasteiger partial charge in [0, 0.05) is 6.42 Å². The number of carbonyl (C=O) groups is 1. The smallest absolute Gasteiger partial charge is 0.313 e. The van der Waals surface area contributed by atoms with E-state index < -0.39 is 5.97 Å². The van der Waals surface area contributed by atoms with Gasteiger partial charge in [0.25, 0.3) is 0 Å². The van der Waals surface area contributed by atoms with Gasteiger partial charge in [-0.3, -0.25) is 4.79 Å². The van der Waals surface area contributed by atoms with Crippen LogP contribution in [-0.4, -0.2) is 27.0 Å². The number of carboxylic acids is 1. The maximum atomic E-state index is 13.0. The molecule has 0 bridgehead atoms. The molecule has 0 spiro atoms. The molecule has 0 unspecified atom stereocenters. The van der Waals surface area contributed by atoms with Crippen molar-refractivity contribution in [3.05, 3.63) is 47.4 Å². The molecule has 2 rings (SSSR count). The minimum absolute atomic E-state index is 0.0123. The topological polar surface area (TPSA) is 76.2 Å². The van der Waals surface area contributed by atoms with Gasteiger partial charge < -0.3 is 9.63 Å². The molecule has 1 heterocycles. The Balaban J connectivity index is 1.92. The molecule has 0 fully saturated rings. The number of aliphatic carboxylic acids is 1. The van der Waals surface area contributed by atoms with Gasteiger partial charge in [-0.1, -0.05) is 17.3 Å². The summed E-state index contributed by atoms with van der Waals surface area (Å²) in [6, 6.07) is 6.18. The monoisotopic (exact) mass is 282 g/mol. The molecular formula is C12H11FN2O3S. The van der Waals surface area contributed by atoms with Crippen molar-refractivity contribution in [1.29, 1.82) is 0 Å². The number of rotatable bonds is 6. The number of carboxylic acid groups (broad SMARTS) is 1. The lowest BCUT2D eigenvalue weighted by atomic mass is 10.1. The van der Waals surface area contributed by atoms with E-state index in [-0.39, 0.29) is 11.6 Å². The van der Waals surface area contributed by atoms with Gasteiger partial charge in [0.05, 0.1) is 11.5 Å². The Bertz CT molecular complexity index is 574. The number of thioether (sulfide) groups is 1. The molecule has 1 N–H and O–H groups in total. The average Bonchev–Trinajstić information content (AvgIpc) is 2.76. The third kappa shape index (κ3) is 4.36. The van der Waals surface area contributed by atoms with Crippen molar-refractivity contribution in [3.63, 3.8) is 0 Å². The molecule has 0 aliphatic carbocycles. The molecule has 0 aliphatic heterocycles. The lowest BCUT2D eigenvalue weighted by Crippen LogP contribution is -1.98. The van der Waals surface area contributed by atoms with Crippen LogP contribution in [0.4, 0.5) is 4.39 Å². The Hall–Kier alpha value is -1.89. The maximum Gasteiger partial charge on any atom is 0.313 e. The van der Waals surface area contributed by atoms with Crippen LogP contribution in [0.15, 0.2) is 28.8 Å². The minimum atomic E-state index is -0.885. The Morgan fingerprint density at radius 1 is 1.47 bits per heavy atom. The van der Waals surface area contributed by atoms with Crippen LogP contribution in [0.25, 0.3) is 0 Å². The quantitative estimate of drug-likeness (QED) is 0.874. The highest BCUT2D eigenvalue weighted by atomic mass is 32.2. The fourth-order valence-electron chi connectivity index (χ4n) is 1.48. The predicted octanol–water partition coefficient (Wildman–Crippen LogP) is 2.12. The largest absolute Gasteiger partial charge is 0.481 e. The van der Waals surface area contributed by atoms with Gasteiger partial charge in [-0.15, -0.1) is 11.8 Å². The molecule has 100 valence electrons. The summed E-state index contributed by atoms with van der Waals surface area (Å²) in [7, 11) is 0. The molecule has 0 saturated carbocycles. The zero-order valence-electron chi connectivity index (χ0n) is 9.88. The number of aromatic nitrogens is 2. The van der Waals surface area contributed by atoms with Crippen LogP contribution in [-0.2, 0) is 17.0 Å². The van der Waals surface area contributed by atoms with Gasteiger partial charge in [-0.2, -0.15) is 4.98 Å². The fourth-order valence-corrected chi connectivity index (χ4v) is 2.04. The number of hydrogen-bond donors (Lipinski definition) is 1. The normalized spacial score (nSPS) is 10.6. The Labute approximate surface area is 112 Å². The number of hydrogen-bond acceptors (Lipinski definition) is 5. The van der Waals surface area contributed by atoms with E-state index in [0.717, 1.165) is 5.56 Å². The maximum absolute atomic E-state index is 13.0. The number of benzene rings is 1. The fraction of sp³-hybridized carbons (Fsp3) is 0.250. The first-order valence-corrected chi connectivity index (χ1v) is 6.64. The summed E-state index contributed by atoms with van der Waals surface area (Å²) in [5.74, 6) is -0.0266. The van der Waals surface area contributed by atoms with Crippen molar-refractivity contribution >= 4 is 17.7 Å². The van der Waals surface area contributed by atoms with Crippen molar-refractivity contribution in [3.8, 4) is 0 Å². The van der Waals surface area contributed by atoms with Crippen molar-refractivity contribution < 1.29 is 18.8 Å². The Morgan fingerprint density at radius 3 is 3.05 bits per heavy atom.